The van der Waals surface area contributed by atoms with Gasteiger partial charge >= 0.3 is 0 Å². The monoisotopic (exact) mass is 606 g/mol. The molecule has 13 nitrogen and oxygen atoms in total. The fourth-order valence-corrected chi connectivity index (χ4v) is 3.90. The number of nitrogens with zero attached hydrogens (tertiary/aromatic N) is 1. The lowest BCUT2D eigenvalue weighted by Gasteiger charge is -2.19. The lowest BCUT2D eigenvalue weighted by molar-refractivity contribution is -0.131. The lowest BCUT2D eigenvalue weighted by atomic mass is 10.1. The normalized spacial score (nSPS) is 11.1. The molecule has 2 rings (SSSR count). The minimum atomic E-state index is -0.986. The van der Waals surface area contributed by atoms with E-state index in [4.69, 9.17) is 0 Å². The van der Waals surface area contributed by atoms with Crippen LogP contribution in [-0.2, 0) is 46.4 Å². The Balaban J connectivity index is 1.80. The fourth-order valence-electron chi connectivity index (χ4n) is 3.90. The van der Waals surface area contributed by atoms with Crippen molar-refractivity contribution in [1.29, 1.82) is 0 Å². The molecule has 44 heavy (non-hydrogen) atoms. The Morgan fingerprint density at radius 1 is 0.773 bits per heavy atom. The zero-order valence-electron chi connectivity index (χ0n) is 24.8. The summed E-state index contributed by atoms with van der Waals surface area (Å²) >= 11 is 0. The Bertz CT molecular complexity index is 1350. The summed E-state index contributed by atoms with van der Waals surface area (Å²) in [5.41, 5.74) is 2.17. The molecule has 13 heteroatoms. The highest BCUT2D eigenvalue weighted by Gasteiger charge is 2.22. The second kappa shape index (κ2) is 19.0. The molecule has 1 atom stereocenters. The maximum absolute atomic E-state index is 12.7. The van der Waals surface area contributed by atoms with E-state index in [1.165, 1.54) is 4.90 Å². The molecule has 0 aromatic heterocycles. The molecule has 0 spiro atoms. The van der Waals surface area contributed by atoms with E-state index < -0.39 is 30.3 Å². The maximum atomic E-state index is 12.7. The van der Waals surface area contributed by atoms with Crippen molar-refractivity contribution in [2.75, 3.05) is 38.1 Å². The standard InChI is InChI=1S/C31H38N6O7/c1-3-32-27(40)20-35-31(44)25(18-22-9-5-4-6-10-22)36-29(42)21-34-28(41)19-33-26(39)15-14-23-11-7-12-24(17-23)37(2)30(43)13-8-16-38/h4-13,16-17,25H,3,14-15,18-21H2,1-2H3,(H,32,40)(H,33,39)(H,34,41)(H,35,44)(H,36,42)/b13-8-. The van der Waals surface area contributed by atoms with Crippen LogP contribution in [0.3, 0.4) is 0 Å². The molecular weight excluding hydrogens is 568 g/mol. The van der Waals surface area contributed by atoms with Crippen molar-refractivity contribution in [3.8, 4) is 0 Å². The summed E-state index contributed by atoms with van der Waals surface area (Å²) < 4.78 is 0. The smallest absolute Gasteiger partial charge is 0.250 e. The number of likely N-dealkylation sites (N-methyl/N-ethyl adjacent to an activating group) is 2. The predicted octanol–water partition coefficient (Wildman–Crippen LogP) is -0.451. The van der Waals surface area contributed by atoms with Crippen LogP contribution in [0.25, 0.3) is 0 Å². The number of nitrogens with one attached hydrogen (secondary N) is 5. The molecule has 5 N–H and O–H groups in total. The van der Waals surface area contributed by atoms with Crippen LogP contribution in [0.1, 0.15) is 24.5 Å². The quantitative estimate of drug-likeness (QED) is 0.119. The molecule has 2 aromatic rings. The van der Waals surface area contributed by atoms with Crippen molar-refractivity contribution in [2.45, 2.75) is 32.2 Å². The van der Waals surface area contributed by atoms with Crippen LogP contribution < -0.4 is 31.5 Å². The number of rotatable bonds is 17. The van der Waals surface area contributed by atoms with Crippen LogP contribution in [0.15, 0.2) is 66.7 Å². The number of carbonyl (C=O) groups is 7. The van der Waals surface area contributed by atoms with Gasteiger partial charge in [-0.1, -0.05) is 42.5 Å². The Morgan fingerprint density at radius 3 is 2.11 bits per heavy atom. The molecule has 1 unspecified atom stereocenters. The van der Waals surface area contributed by atoms with E-state index in [-0.39, 0.29) is 43.7 Å². The molecular formula is C31H38N6O7. The number of aryl methyl sites for hydroxylation is 1. The number of aldehydes is 1. The first-order valence-corrected chi connectivity index (χ1v) is 14.0. The third-order valence-corrected chi connectivity index (χ3v) is 6.21. The van der Waals surface area contributed by atoms with E-state index in [2.05, 4.69) is 26.6 Å². The zero-order chi connectivity index (χ0) is 32.3. The van der Waals surface area contributed by atoms with Crippen LogP contribution >= 0.6 is 0 Å². The SMILES string of the molecule is CCNC(=O)CNC(=O)C(Cc1ccccc1)NC(=O)CNC(=O)CNC(=O)CCc1cccc(N(C)C(=O)/C=C\C=O)c1. The molecule has 0 aliphatic rings. The van der Waals surface area contributed by atoms with Gasteiger partial charge in [0.15, 0.2) is 0 Å². The van der Waals surface area contributed by atoms with Gasteiger partial charge in [0.1, 0.15) is 12.3 Å². The van der Waals surface area contributed by atoms with Gasteiger partial charge in [0, 0.05) is 38.2 Å². The third-order valence-electron chi connectivity index (χ3n) is 6.21. The Hall–Kier alpha value is -5.33. The summed E-state index contributed by atoms with van der Waals surface area (Å²) in [7, 11) is 1.56. The summed E-state index contributed by atoms with van der Waals surface area (Å²) in [6.45, 7) is 1.14. The van der Waals surface area contributed by atoms with Gasteiger partial charge in [-0.25, -0.2) is 0 Å². The summed E-state index contributed by atoms with van der Waals surface area (Å²) in [5, 5.41) is 12.6. The van der Waals surface area contributed by atoms with E-state index in [9.17, 15) is 33.6 Å². The molecule has 0 saturated heterocycles. The average Bonchev–Trinajstić information content (AvgIpc) is 3.03. The molecule has 0 saturated carbocycles. The topological polar surface area (TPSA) is 183 Å². The van der Waals surface area contributed by atoms with Crippen molar-refractivity contribution in [3.05, 3.63) is 77.9 Å². The van der Waals surface area contributed by atoms with E-state index >= 15 is 0 Å². The summed E-state index contributed by atoms with van der Waals surface area (Å²) in [4.78, 5) is 85.4. The first-order chi connectivity index (χ1) is 21.1. The number of anilines is 1. The molecule has 2 aromatic carbocycles. The second-order valence-corrected chi connectivity index (χ2v) is 9.60. The highest BCUT2D eigenvalue weighted by molar-refractivity contribution is 6.02. The lowest BCUT2D eigenvalue weighted by Crippen LogP contribution is -2.52. The molecule has 6 amide bonds. The predicted molar refractivity (Wildman–Crippen MR) is 163 cm³/mol. The van der Waals surface area contributed by atoms with Gasteiger partial charge in [0.25, 0.3) is 5.91 Å². The first kappa shape index (κ1) is 34.9. The Labute approximate surface area is 255 Å². The van der Waals surface area contributed by atoms with Gasteiger partial charge in [-0.15, -0.1) is 0 Å². The Morgan fingerprint density at radius 2 is 1.41 bits per heavy atom. The zero-order valence-corrected chi connectivity index (χ0v) is 24.8. The first-order valence-electron chi connectivity index (χ1n) is 14.0. The van der Waals surface area contributed by atoms with E-state index in [1.807, 2.05) is 6.07 Å². The molecule has 234 valence electrons. The summed E-state index contributed by atoms with van der Waals surface area (Å²) in [6, 6.07) is 15.0. The minimum absolute atomic E-state index is 0.0759. The molecule has 0 aliphatic carbocycles. The van der Waals surface area contributed by atoms with Crippen LogP contribution in [0, 0.1) is 0 Å². The molecule has 0 aliphatic heterocycles. The Kier molecular flexibility index (Phi) is 15.0. The third kappa shape index (κ3) is 13.1. The van der Waals surface area contributed by atoms with E-state index in [0.29, 0.717) is 24.9 Å². The number of benzene rings is 2. The van der Waals surface area contributed by atoms with Gasteiger partial charge in [-0.05, 0) is 42.7 Å². The average molecular weight is 607 g/mol. The fraction of sp³-hybridized carbons (Fsp3) is 0.323. The van der Waals surface area contributed by atoms with Gasteiger partial charge in [-0.3, -0.25) is 33.6 Å². The number of hydrogen-bond acceptors (Lipinski definition) is 7. The molecule has 0 radical (unpaired) electrons. The van der Waals surface area contributed by atoms with Crippen LogP contribution in [0.4, 0.5) is 5.69 Å². The number of carbonyl (C=O) groups excluding carboxylic acids is 7. The molecule has 0 fully saturated rings. The number of hydrogen-bond donors (Lipinski definition) is 5. The van der Waals surface area contributed by atoms with Crippen molar-refractivity contribution in [1.82, 2.24) is 26.6 Å². The van der Waals surface area contributed by atoms with Crippen LogP contribution in [0.5, 0.6) is 0 Å². The second-order valence-electron chi connectivity index (χ2n) is 9.60. The van der Waals surface area contributed by atoms with E-state index in [0.717, 1.165) is 23.3 Å². The van der Waals surface area contributed by atoms with Crippen molar-refractivity contribution >= 4 is 47.4 Å². The minimum Gasteiger partial charge on any atom is -0.355 e. The van der Waals surface area contributed by atoms with Crippen molar-refractivity contribution in [2.24, 2.45) is 0 Å². The van der Waals surface area contributed by atoms with Crippen molar-refractivity contribution in [3.63, 3.8) is 0 Å². The van der Waals surface area contributed by atoms with Crippen molar-refractivity contribution < 1.29 is 33.6 Å². The maximum Gasteiger partial charge on any atom is 0.250 e. The van der Waals surface area contributed by atoms with Crippen LogP contribution in [-0.4, -0.2) is 81.0 Å². The van der Waals surface area contributed by atoms with Gasteiger partial charge in [0.2, 0.25) is 29.5 Å². The summed E-state index contributed by atoms with van der Waals surface area (Å²) in [6.07, 6.45) is 3.37. The summed E-state index contributed by atoms with van der Waals surface area (Å²) in [5.74, 6) is -2.90. The van der Waals surface area contributed by atoms with Gasteiger partial charge < -0.3 is 31.5 Å². The number of amides is 6. The van der Waals surface area contributed by atoms with Gasteiger partial charge in [-0.2, -0.15) is 0 Å². The van der Waals surface area contributed by atoms with E-state index in [1.54, 1.807) is 62.5 Å². The molecule has 0 heterocycles. The number of allylic oxidation sites excluding steroid dienone is 1. The highest BCUT2D eigenvalue weighted by Crippen LogP contribution is 2.16. The van der Waals surface area contributed by atoms with Gasteiger partial charge in [0.05, 0.1) is 19.6 Å². The van der Waals surface area contributed by atoms with Crippen LogP contribution in [0.2, 0.25) is 0 Å². The molecule has 0 bridgehead atoms. The highest BCUT2D eigenvalue weighted by atomic mass is 16.2. The largest absolute Gasteiger partial charge is 0.355 e.